The van der Waals surface area contributed by atoms with Gasteiger partial charge in [-0.3, -0.25) is 4.79 Å². The summed E-state index contributed by atoms with van der Waals surface area (Å²) >= 11 is 0. The minimum absolute atomic E-state index is 0.0940. The van der Waals surface area contributed by atoms with Gasteiger partial charge in [0.05, 0.1) is 6.04 Å². The second kappa shape index (κ2) is 8.94. The highest BCUT2D eigenvalue weighted by Crippen LogP contribution is 2.13. The third-order valence-electron chi connectivity index (χ3n) is 4.27. The monoisotopic (exact) mass is 360 g/mol. The predicted octanol–water partition coefficient (Wildman–Crippen LogP) is 3.93. The summed E-state index contributed by atoms with van der Waals surface area (Å²) in [5.74, 6) is 0.270. The van der Waals surface area contributed by atoms with Gasteiger partial charge in [0, 0.05) is 12.2 Å². The van der Waals surface area contributed by atoms with Crippen molar-refractivity contribution in [3.63, 3.8) is 0 Å². The zero-order valence-electron chi connectivity index (χ0n) is 15.6. The van der Waals surface area contributed by atoms with Crippen LogP contribution in [0.15, 0.2) is 66.7 Å². The molecule has 1 amide bonds. The van der Waals surface area contributed by atoms with E-state index in [4.69, 9.17) is 0 Å². The Labute approximate surface area is 159 Å². The average molecular weight is 360 g/mol. The molecule has 0 radical (unpaired) electrons. The lowest BCUT2D eigenvalue weighted by atomic mass is 10.1. The molecule has 0 spiro atoms. The van der Waals surface area contributed by atoms with Crippen molar-refractivity contribution in [2.45, 2.75) is 26.3 Å². The Morgan fingerprint density at radius 3 is 2.37 bits per heavy atom. The van der Waals surface area contributed by atoms with Crippen LogP contribution in [-0.2, 0) is 6.42 Å². The van der Waals surface area contributed by atoms with Crippen LogP contribution in [0.25, 0.3) is 0 Å². The Kier molecular flexibility index (Phi) is 6.15. The second-order valence-electron chi connectivity index (χ2n) is 6.49. The van der Waals surface area contributed by atoms with Gasteiger partial charge in [-0.1, -0.05) is 60.7 Å². The van der Waals surface area contributed by atoms with E-state index in [0.717, 1.165) is 17.7 Å². The zero-order valence-corrected chi connectivity index (χ0v) is 15.6. The Balaban J connectivity index is 1.62. The molecular weight excluding hydrogens is 336 g/mol. The molecule has 0 saturated heterocycles. The summed E-state index contributed by atoms with van der Waals surface area (Å²) in [5, 5.41) is 6.20. The van der Waals surface area contributed by atoms with E-state index < -0.39 is 0 Å². The summed E-state index contributed by atoms with van der Waals surface area (Å²) in [6.07, 6.45) is 0.866. The largest absolute Gasteiger partial charge is 0.354 e. The molecule has 5 nitrogen and oxygen atoms in total. The summed E-state index contributed by atoms with van der Waals surface area (Å²) in [6, 6.07) is 21.7. The van der Waals surface area contributed by atoms with Gasteiger partial charge in [-0.25, -0.2) is 9.97 Å². The minimum Gasteiger partial charge on any atom is -0.354 e. The van der Waals surface area contributed by atoms with E-state index in [1.165, 1.54) is 5.56 Å². The van der Waals surface area contributed by atoms with E-state index >= 15 is 0 Å². The van der Waals surface area contributed by atoms with Crippen molar-refractivity contribution >= 4 is 11.9 Å². The van der Waals surface area contributed by atoms with E-state index in [-0.39, 0.29) is 11.9 Å². The number of nitrogens with zero attached hydrogens (tertiary/aromatic N) is 2. The van der Waals surface area contributed by atoms with E-state index in [1.807, 2.05) is 62.4 Å². The summed E-state index contributed by atoms with van der Waals surface area (Å²) in [6.45, 7) is 4.52. The van der Waals surface area contributed by atoms with Gasteiger partial charge in [0.15, 0.2) is 0 Å². The van der Waals surface area contributed by atoms with Crippen LogP contribution < -0.4 is 10.6 Å². The number of rotatable bonds is 7. The second-order valence-corrected chi connectivity index (χ2v) is 6.49. The summed E-state index contributed by atoms with van der Waals surface area (Å²) < 4.78 is 0. The van der Waals surface area contributed by atoms with Gasteiger partial charge in [0.1, 0.15) is 5.69 Å². The van der Waals surface area contributed by atoms with E-state index in [1.54, 1.807) is 6.07 Å². The molecule has 0 fully saturated rings. The van der Waals surface area contributed by atoms with Crippen molar-refractivity contribution in [1.29, 1.82) is 0 Å². The topological polar surface area (TPSA) is 66.9 Å². The first-order valence-corrected chi connectivity index (χ1v) is 9.11. The van der Waals surface area contributed by atoms with Crippen LogP contribution in [0.1, 0.15) is 40.3 Å². The van der Waals surface area contributed by atoms with E-state index in [9.17, 15) is 4.79 Å². The third kappa shape index (κ3) is 5.38. The summed E-state index contributed by atoms with van der Waals surface area (Å²) in [7, 11) is 0. The quantitative estimate of drug-likeness (QED) is 0.670. The van der Waals surface area contributed by atoms with Crippen LogP contribution in [0.4, 0.5) is 5.95 Å². The van der Waals surface area contributed by atoms with Crippen molar-refractivity contribution in [3.8, 4) is 0 Å². The highest BCUT2D eigenvalue weighted by atomic mass is 16.1. The maximum absolute atomic E-state index is 12.6. The number of aromatic nitrogens is 2. The van der Waals surface area contributed by atoms with Gasteiger partial charge in [0.2, 0.25) is 5.95 Å². The molecule has 1 heterocycles. The Morgan fingerprint density at radius 1 is 1.00 bits per heavy atom. The van der Waals surface area contributed by atoms with Gasteiger partial charge >= 0.3 is 0 Å². The number of carbonyl (C=O) groups excluding carboxylic acids is 1. The first-order chi connectivity index (χ1) is 13.1. The van der Waals surface area contributed by atoms with Crippen molar-refractivity contribution in [3.05, 3.63) is 89.2 Å². The summed E-state index contributed by atoms with van der Waals surface area (Å²) in [4.78, 5) is 21.4. The fourth-order valence-corrected chi connectivity index (χ4v) is 2.82. The first kappa shape index (κ1) is 18.6. The number of anilines is 1. The number of hydrogen-bond acceptors (Lipinski definition) is 4. The van der Waals surface area contributed by atoms with Crippen LogP contribution in [0.3, 0.4) is 0 Å². The molecule has 2 aromatic carbocycles. The molecule has 138 valence electrons. The molecule has 2 N–H and O–H groups in total. The highest BCUT2D eigenvalue weighted by Gasteiger charge is 2.14. The Morgan fingerprint density at radius 2 is 1.67 bits per heavy atom. The molecule has 5 heteroatoms. The average Bonchev–Trinajstić information content (AvgIpc) is 2.69. The van der Waals surface area contributed by atoms with Crippen LogP contribution in [0, 0.1) is 6.92 Å². The lowest BCUT2D eigenvalue weighted by Crippen LogP contribution is -2.28. The lowest BCUT2D eigenvalue weighted by molar-refractivity contribution is 0.0934. The number of aryl methyl sites for hydroxylation is 1. The van der Waals surface area contributed by atoms with Crippen molar-refractivity contribution in [1.82, 2.24) is 15.3 Å². The normalized spacial score (nSPS) is 11.6. The minimum atomic E-state index is -0.206. The van der Waals surface area contributed by atoms with Crippen molar-refractivity contribution in [2.75, 3.05) is 11.9 Å². The van der Waals surface area contributed by atoms with Gasteiger partial charge in [0.25, 0.3) is 5.91 Å². The fraction of sp³-hybridized carbons (Fsp3) is 0.227. The van der Waals surface area contributed by atoms with Gasteiger partial charge in [-0.2, -0.15) is 0 Å². The maximum atomic E-state index is 12.6. The number of carbonyl (C=O) groups is 1. The zero-order chi connectivity index (χ0) is 19.1. The van der Waals surface area contributed by atoms with Gasteiger partial charge in [-0.05, 0) is 37.5 Å². The fourth-order valence-electron chi connectivity index (χ4n) is 2.82. The molecule has 0 saturated carbocycles. The maximum Gasteiger partial charge on any atom is 0.270 e. The smallest absolute Gasteiger partial charge is 0.270 e. The molecule has 0 bridgehead atoms. The number of hydrogen-bond donors (Lipinski definition) is 2. The molecule has 27 heavy (non-hydrogen) atoms. The molecule has 3 aromatic rings. The highest BCUT2D eigenvalue weighted by molar-refractivity contribution is 5.92. The Bertz CT molecular complexity index is 881. The molecule has 1 unspecified atom stereocenters. The van der Waals surface area contributed by atoms with Crippen LogP contribution in [0.2, 0.25) is 0 Å². The number of benzene rings is 2. The van der Waals surface area contributed by atoms with Gasteiger partial charge in [-0.15, -0.1) is 0 Å². The molecule has 1 atom stereocenters. The van der Waals surface area contributed by atoms with Crippen molar-refractivity contribution in [2.24, 2.45) is 0 Å². The van der Waals surface area contributed by atoms with Crippen LogP contribution in [-0.4, -0.2) is 22.4 Å². The summed E-state index contributed by atoms with van der Waals surface area (Å²) in [5.41, 5.74) is 3.42. The molecule has 0 aliphatic heterocycles. The SMILES string of the molecule is Cc1cc(C(=O)NC(C)c2ccccc2)nc(NCCc2ccccc2)n1. The first-order valence-electron chi connectivity index (χ1n) is 9.11. The Hall–Kier alpha value is -3.21. The van der Waals surface area contributed by atoms with Crippen molar-refractivity contribution < 1.29 is 4.79 Å². The van der Waals surface area contributed by atoms with Crippen LogP contribution >= 0.6 is 0 Å². The van der Waals surface area contributed by atoms with Crippen LogP contribution in [0.5, 0.6) is 0 Å². The molecular formula is C22H24N4O. The standard InChI is InChI=1S/C22H24N4O/c1-16-15-20(21(27)25-17(2)19-11-7-4-8-12-19)26-22(24-16)23-14-13-18-9-5-3-6-10-18/h3-12,15,17H,13-14H2,1-2H3,(H,25,27)(H,23,24,26). The third-order valence-corrected chi connectivity index (χ3v) is 4.27. The molecule has 0 aliphatic carbocycles. The number of nitrogens with one attached hydrogen (secondary N) is 2. The molecule has 3 rings (SSSR count). The lowest BCUT2D eigenvalue weighted by Gasteiger charge is -2.14. The van der Waals surface area contributed by atoms with Gasteiger partial charge < -0.3 is 10.6 Å². The molecule has 0 aliphatic rings. The number of amides is 1. The predicted molar refractivity (Wildman–Crippen MR) is 108 cm³/mol. The van der Waals surface area contributed by atoms with E-state index in [0.29, 0.717) is 18.2 Å². The van der Waals surface area contributed by atoms with E-state index in [2.05, 4.69) is 32.7 Å². The molecule has 1 aromatic heterocycles.